The second-order valence-corrected chi connectivity index (χ2v) is 4.56. The maximum atomic E-state index is 8.89. The molecule has 0 heterocycles. The minimum absolute atomic E-state index is 0.420. The third kappa shape index (κ3) is 3.31. The molecule has 0 fully saturated rings. The van der Waals surface area contributed by atoms with E-state index in [1.165, 1.54) is 7.11 Å². The summed E-state index contributed by atoms with van der Waals surface area (Å²) in [6.07, 6.45) is 0. The number of methoxy groups -OCH3 is 1. The van der Waals surface area contributed by atoms with Gasteiger partial charge in [-0.25, -0.2) is 0 Å². The van der Waals surface area contributed by atoms with E-state index in [2.05, 4.69) is 0 Å². The highest BCUT2D eigenvalue weighted by atomic mass is 35.5. The monoisotopic (exact) mass is 293 g/mol. The lowest BCUT2D eigenvalue weighted by Gasteiger charge is -2.11. The van der Waals surface area contributed by atoms with E-state index in [1.54, 1.807) is 36.4 Å². The van der Waals surface area contributed by atoms with Gasteiger partial charge in [-0.05, 0) is 30.3 Å². The lowest BCUT2D eigenvalue weighted by Crippen LogP contribution is -1.91. The SMILES string of the molecule is COc1ccc(Cl)cc1Oc1cc(Cl)cc(C#N)c1. The molecule has 0 aliphatic heterocycles. The van der Waals surface area contributed by atoms with E-state index in [9.17, 15) is 0 Å². The van der Waals surface area contributed by atoms with Gasteiger partial charge in [0.05, 0.1) is 18.7 Å². The number of rotatable bonds is 3. The van der Waals surface area contributed by atoms with Gasteiger partial charge < -0.3 is 9.47 Å². The van der Waals surface area contributed by atoms with Crippen LogP contribution in [-0.4, -0.2) is 7.11 Å². The molecule has 2 aromatic carbocycles. The zero-order chi connectivity index (χ0) is 13.8. The van der Waals surface area contributed by atoms with E-state index < -0.39 is 0 Å². The number of hydrogen-bond acceptors (Lipinski definition) is 3. The van der Waals surface area contributed by atoms with E-state index in [4.69, 9.17) is 37.9 Å². The van der Waals surface area contributed by atoms with Crippen molar-refractivity contribution in [2.24, 2.45) is 0 Å². The summed E-state index contributed by atoms with van der Waals surface area (Å²) in [5.74, 6) is 1.45. The van der Waals surface area contributed by atoms with Gasteiger partial charge >= 0.3 is 0 Å². The lowest BCUT2D eigenvalue weighted by molar-refractivity contribution is 0.379. The molecule has 0 aliphatic carbocycles. The number of nitrogens with zero attached hydrogens (tertiary/aromatic N) is 1. The lowest BCUT2D eigenvalue weighted by atomic mass is 10.2. The van der Waals surface area contributed by atoms with Crippen LogP contribution in [-0.2, 0) is 0 Å². The molecule has 0 atom stereocenters. The first-order chi connectivity index (χ1) is 9.12. The second-order valence-electron chi connectivity index (χ2n) is 3.68. The van der Waals surface area contributed by atoms with Crippen LogP contribution >= 0.6 is 23.2 Å². The van der Waals surface area contributed by atoms with Crippen molar-refractivity contribution in [1.82, 2.24) is 0 Å². The van der Waals surface area contributed by atoms with Crippen LogP contribution in [0.1, 0.15) is 5.56 Å². The number of benzene rings is 2. The molecule has 0 N–H and O–H groups in total. The van der Waals surface area contributed by atoms with E-state index in [0.29, 0.717) is 32.9 Å². The second kappa shape index (κ2) is 5.83. The van der Waals surface area contributed by atoms with Gasteiger partial charge in [0.2, 0.25) is 0 Å². The fourth-order valence-corrected chi connectivity index (χ4v) is 1.93. The predicted octanol–water partition coefficient (Wildman–Crippen LogP) is 4.67. The Morgan fingerprint density at radius 2 is 1.79 bits per heavy atom. The Hall–Kier alpha value is -1.89. The number of ether oxygens (including phenoxy) is 2. The van der Waals surface area contributed by atoms with Crippen molar-refractivity contribution in [2.75, 3.05) is 7.11 Å². The number of hydrogen-bond donors (Lipinski definition) is 0. The van der Waals surface area contributed by atoms with Gasteiger partial charge in [-0.1, -0.05) is 23.2 Å². The van der Waals surface area contributed by atoms with E-state index in [0.717, 1.165) is 0 Å². The maximum Gasteiger partial charge on any atom is 0.170 e. The Morgan fingerprint density at radius 3 is 2.47 bits per heavy atom. The highest BCUT2D eigenvalue weighted by molar-refractivity contribution is 6.31. The van der Waals surface area contributed by atoms with Gasteiger partial charge in [-0.3, -0.25) is 0 Å². The molecule has 96 valence electrons. The highest BCUT2D eigenvalue weighted by Crippen LogP contribution is 2.34. The van der Waals surface area contributed by atoms with Crippen LogP contribution in [0.15, 0.2) is 36.4 Å². The van der Waals surface area contributed by atoms with Crippen molar-refractivity contribution in [2.45, 2.75) is 0 Å². The molecule has 0 spiro atoms. The van der Waals surface area contributed by atoms with E-state index >= 15 is 0 Å². The minimum atomic E-state index is 0.420. The van der Waals surface area contributed by atoms with Crippen molar-refractivity contribution >= 4 is 23.2 Å². The topological polar surface area (TPSA) is 42.2 Å². The molecule has 2 aromatic rings. The fourth-order valence-electron chi connectivity index (χ4n) is 1.54. The summed E-state index contributed by atoms with van der Waals surface area (Å²) in [5, 5.41) is 9.84. The Morgan fingerprint density at radius 1 is 1.00 bits per heavy atom. The van der Waals surface area contributed by atoms with E-state index in [-0.39, 0.29) is 0 Å². The molecule has 0 saturated heterocycles. The predicted molar refractivity (Wildman–Crippen MR) is 74.2 cm³/mol. The molecule has 0 saturated carbocycles. The normalized spacial score (nSPS) is 9.79. The van der Waals surface area contributed by atoms with Gasteiger partial charge in [-0.15, -0.1) is 0 Å². The molecule has 0 bridgehead atoms. The standard InChI is InChI=1S/C14H9Cl2NO2/c1-18-13-3-2-10(15)7-14(13)19-12-5-9(8-17)4-11(16)6-12/h2-7H,1H3. The summed E-state index contributed by atoms with van der Waals surface area (Å²) in [6.45, 7) is 0. The average molecular weight is 294 g/mol. The van der Waals surface area contributed by atoms with Gasteiger partial charge in [0.15, 0.2) is 11.5 Å². The average Bonchev–Trinajstić information content (AvgIpc) is 2.38. The van der Waals surface area contributed by atoms with Crippen LogP contribution < -0.4 is 9.47 Å². The quantitative estimate of drug-likeness (QED) is 0.826. The van der Waals surface area contributed by atoms with Crippen molar-refractivity contribution in [3.8, 4) is 23.3 Å². The fraction of sp³-hybridized carbons (Fsp3) is 0.0714. The molecule has 0 aromatic heterocycles. The first kappa shape index (κ1) is 13.5. The summed E-state index contributed by atoms with van der Waals surface area (Å²) in [4.78, 5) is 0. The Labute approximate surface area is 120 Å². The summed E-state index contributed by atoms with van der Waals surface area (Å²) in [5.41, 5.74) is 0.420. The molecule has 19 heavy (non-hydrogen) atoms. The summed E-state index contributed by atoms with van der Waals surface area (Å²) >= 11 is 11.8. The van der Waals surface area contributed by atoms with Crippen molar-refractivity contribution in [3.63, 3.8) is 0 Å². The molecule has 0 radical (unpaired) electrons. The summed E-state index contributed by atoms with van der Waals surface area (Å²) in [7, 11) is 1.54. The molecule has 2 rings (SSSR count). The summed E-state index contributed by atoms with van der Waals surface area (Å²) < 4.78 is 10.8. The van der Waals surface area contributed by atoms with E-state index in [1.807, 2.05) is 6.07 Å². The van der Waals surface area contributed by atoms with Crippen LogP contribution in [0.4, 0.5) is 0 Å². The van der Waals surface area contributed by atoms with Gasteiger partial charge in [0.25, 0.3) is 0 Å². The number of nitriles is 1. The summed E-state index contributed by atoms with van der Waals surface area (Å²) in [6, 6.07) is 11.8. The first-order valence-electron chi connectivity index (χ1n) is 5.34. The third-order valence-electron chi connectivity index (χ3n) is 2.35. The van der Waals surface area contributed by atoms with Crippen LogP contribution in [0, 0.1) is 11.3 Å². The number of halogens is 2. The zero-order valence-corrected chi connectivity index (χ0v) is 11.5. The largest absolute Gasteiger partial charge is 0.493 e. The van der Waals surface area contributed by atoms with Crippen LogP contribution in [0.2, 0.25) is 10.0 Å². The van der Waals surface area contributed by atoms with Crippen molar-refractivity contribution < 1.29 is 9.47 Å². The van der Waals surface area contributed by atoms with Crippen LogP contribution in [0.5, 0.6) is 17.2 Å². The molecule has 3 nitrogen and oxygen atoms in total. The molecule has 0 amide bonds. The smallest absolute Gasteiger partial charge is 0.170 e. The van der Waals surface area contributed by atoms with Crippen molar-refractivity contribution in [3.05, 3.63) is 52.0 Å². The maximum absolute atomic E-state index is 8.89. The molecular formula is C14H9Cl2NO2. The highest BCUT2D eigenvalue weighted by Gasteiger charge is 2.08. The first-order valence-corrected chi connectivity index (χ1v) is 6.10. The van der Waals surface area contributed by atoms with Gasteiger partial charge in [0.1, 0.15) is 5.75 Å². The molecular weight excluding hydrogens is 285 g/mol. The van der Waals surface area contributed by atoms with Crippen molar-refractivity contribution in [1.29, 1.82) is 5.26 Å². The Balaban J connectivity index is 2.38. The Bertz CT molecular complexity index is 650. The van der Waals surface area contributed by atoms with Crippen LogP contribution in [0.3, 0.4) is 0 Å². The van der Waals surface area contributed by atoms with Gasteiger partial charge in [0, 0.05) is 16.1 Å². The molecule has 0 aliphatic rings. The third-order valence-corrected chi connectivity index (χ3v) is 2.81. The van der Waals surface area contributed by atoms with Gasteiger partial charge in [-0.2, -0.15) is 5.26 Å². The zero-order valence-electron chi connectivity index (χ0n) is 9.98. The Kier molecular flexibility index (Phi) is 4.16. The van der Waals surface area contributed by atoms with Crippen LogP contribution in [0.25, 0.3) is 0 Å². The molecule has 0 unspecified atom stereocenters. The minimum Gasteiger partial charge on any atom is -0.493 e. The molecule has 5 heteroatoms.